The van der Waals surface area contributed by atoms with Crippen molar-refractivity contribution in [2.75, 3.05) is 33.7 Å². The van der Waals surface area contributed by atoms with Gasteiger partial charge in [0.25, 0.3) is 0 Å². The number of carboxylic acids is 2. The average Bonchev–Trinajstić information content (AvgIpc) is 2.37. The van der Waals surface area contributed by atoms with Crippen LogP contribution in [0.2, 0.25) is 0 Å². The van der Waals surface area contributed by atoms with Crippen molar-refractivity contribution >= 4 is 17.8 Å². The van der Waals surface area contributed by atoms with Gasteiger partial charge in [0.1, 0.15) is 0 Å². The normalized spacial score (nSPS) is 23.3. The Morgan fingerprint density at radius 1 is 1.15 bits per heavy atom. The van der Waals surface area contributed by atoms with Crippen LogP contribution in [0, 0.1) is 11.8 Å². The van der Waals surface area contributed by atoms with E-state index in [0.29, 0.717) is 32.4 Å². The number of likely N-dealkylation sites (tertiary alicyclic amines) is 1. The summed E-state index contributed by atoms with van der Waals surface area (Å²) < 4.78 is 0. The van der Waals surface area contributed by atoms with Gasteiger partial charge in [0.2, 0.25) is 5.91 Å². The molecule has 0 saturated carbocycles. The van der Waals surface area contributed by atoms with Crippen LogP contribution in [0.15, 0.2) is 0 Å². The molecule has 1 heterocycles. The minimum absolute atomic E-state index is 0.0419. The highest BCUT2D eigenvalue weighted by Gasteiger charge is 2.38. The zero-order valence-corrected chi connectivity index (χ0v) is 11.9. The predicted molar refractivity (Wildman–Crippen MR) is 71.2 cm³/mol. The number of carbonyl (C=O) groups is 3. The number of nitrogens with zero attached hydrogens (tertiary/aromatic N) is 2. The molecule has 7 heteroatoms. The lowest BCUT2D eigenvalue weighted by atomic mass is 9.85. The number of carboxylic acid groups (broad SMARTS) is 2. The predicted octanol–water partition coefficient (Wildman–Crippen LogP) is -0.0379. The van der Waals surface area contributed by atoms with Crippen LogP contribution in [0.3, 0.4) is 0 Å². The van der Waals surface area contributed by atoms with Gasteiger partial charge >= 0.3 is 11.9 Å². The number of hydrogen-bond donors (Lipinski definition) is 2. The van der Waals surface area contributed by atoms with Gasteiger partial charge in [-0.25, -0.2) is 0 Å². The van der Waals surface area contributed by atoms with Crippen molar-refractivity contribution in [1.29, 1.82) is 0 Å². The molecule has 0 aliphatic carbocycles. The van der Waals surface area contributed by atoms with Gasteiger partial charge in [-0.2, -0.15) is 0 Å². The second-order valence-corrected chi connectivity index (χ2v) is 5.37. The van der Waals surface area contributed by atoms with Crippen LogP contribution in [-0.2, 0) is 14.4 Å². The van der Waals surface area contributed by atoms with Crippen molar-refractivity contribution in [2.24, 2.45) is 11.8 Å². The molecule has 1 rings (SSSR count). The average molecular weight is 286 g/mol. The van der Waals surface area contributed by atoms with E-state index in [1.807, 2.05) is 4.90 Å². The molecular weight excluding hydrogens is 264 g/mol. The molecule has 1 amide bonds. The minimum Gasteiger partial charge on any atom is -0.481 e. The summed E-state index contributed by atoms with van der Waals surface area (Å²) in [7, 11) is 3.39. The van der Waals surface area contributed by atoms with Gasteiger partial charge in [-0.1, -0.05) is 0 Å². The Morgan fingerprint density at radius 3 is 2.25 bits per heavy atom. The first-order valence-electron chi connectivity index (χ1n) is 6.71. The standard InChI is InChI=1S/C13H22N2O5/c1-14(2)11(16)4-3-6-15-7-5-9(12(17)18)10(8-15)13(19)20/h9-10H,3-8H2,1-2H3,(H,17,18)(H,19,20). The highest BCUT2D eigenvalue weighted by atomic mass is 16.4. The summed E-state index contributed by atoms with van der Waals surface area (Å²) in [5, 5.41) is 18.1. The summed E-state index contributed by atoms with van der Waals surface area (Å²) in [5.41, 5.74) is 0. The molecule has 0 radical (unpaired) electrons. The number of rotatable bonds is 6. The Morgan fingerprint density at radius 2 is 1.75 bits per heavy atom. The third-order valence-corrected chi connectivity index (χ3v) is 3.70. The molecule has 0 aromatic heterocycles. The number of amides is 1. The van der Waals surface area contributed by atoms with E-state index in [4.69, 9.17) is 10.2 Å². The topological polar surface area (TPSA) is 98.2 Å². The van der Waals surface area contributed by atoms with Crippen LogP contribution < -0.4 is 0 Å². The first kappa shape index (κ1) is 16.4. The Bertz CT molecular complexity index is 383. The Hall–Kier alpha value is -1.63. The summed E-state index contributed by atoms with van der Waals surface area (Å²) in [5.74, 6) is -3.75. The van der Waals surface area contributed by atoms with Crippen LogP contribution in [0.1, 0.15) is 19.3 Å². The van der Waals surface area contributed by atoms with Crippen LogP contribution in [0.4, 0.5) is 0 Å². The van der Waals surface area contributed by atoms with E-state index >= 15 is 0 Å². The van der Waals surface area contributed by atoms with Crippen LogP contribution in [0.5, 0.6) is 0 Å². The molecule has 0 bridgehead atoms. The molecule has 0 aromatic carbocycles. The molecule has 1 aliphatic heterocycles. The van der Waals surface area contributed by atoms with Gasteiger partial charge in [0, 0.05) is 27.1 Å². The summed E-state index contributed by atoms with van der Waals surface area (Å²) in [6, 6.07) is 0. The van der Waals surface area contributed by atoms with Gasteiger partial charge in [-0.3, -0.25) is 14.4 Å². The largest absolute Gasteiger partial charge is 0.481 e. The van der Waals surface area contributed by atoms with E-state index in [1.54, 1.807) is 14.1 Å². The second-order valence-electron chi connectivity index (χ2n) is 5.37. The van der Waals surface area contributed by atoms with Crippen LogP contribution >= 0.6 is 0 Å². The molecule has 0 spiro atoms. The zero-order valence-electron chi connectivity index (χ0n) is 11.9. The number of aliphatic carboxylic acids is 2. The zero-order chi connectivity index (χ0) is 15.3. The fraction of sp³-hybridized carbons (Fsp3) is 0.769. The van der Waals surface area contributed by atoms with Crippen molar-refractivity contribution in [3.63, 3.8) is 0 Å². The molecule has 2 atom stereocenters. The van der Waals surface area contributed by atoms with Gasteiger partial charge in [-0.05, 0) is 25.9 Å². The molecule has 2 N–H and O–H groups in total. The van der Waals surface area contributed by atoms with E-state index in [0.717, 1.165) is 0 Å². The van der Waals surface area contributed by atoms with Gasteiger partial charge < -0.3 is 20.0 Å². The van der Waals surface area contributed by atoms with Gasteiger partial charge in [0.05, 0.1) is 11.8 Å². The third kappa shape index (κ3) is 4.48. The summed E-state index contributed by atoms with van der Waals surface area (Å²) in [6.45, 7) is 1.43. The highest BCUT2D eigenvalue weighted by molar-refractivity contribution is 5.80. The van der Waals surface area contributed by atoms with E-state index in [9.17, 15) is 14.4 Å². The fourth-order valence-electron chi connectivity index (χ4n) is 2.45. The third-order valence-electron chi connectivity index (χ3n) is 3.70. The lowest BCUT2D eigenvalue weighted by Crippen LogP contribution is -2.46. The van der Waals surface area contributed by atoms with Crippen LogP contribution in [-0.4, -0.2) is 71.6 Å². The van der Waals surface area contributed by atoms with E-state index in [1.165, 1.54) is 4.90 Å². The quantitative estimate of drug-likeness (QED) is 0.711. The van der Waals surface area contributed by atoms with E-state index in [-0.39, 0.29) is 12.5 Å². The Labute approximate surface area is 118 Å². The minimum atomic E-state index is -1.06. The highest BCUT2D eigenvalue weighted by Crippen LogP contribution is 2.24. The number of carbonyl (C=O) groups excluding carboxylic acids is 1. The maximum Gasteiger partial charge on any atom is 0.308 e. The molecule has 2 unspecified atom stereocenters. The lowest BCUT2D eigenvalue weighted by Gasteiger charge is -2.34. The van der Waals surface area contributed by atoms with E-state index in [2.05, 4.69) is 0 Å². The molecule has 114 valence electrons. The lowest BCUT2D eigenvalue weighted by molar-refractivity contribution is -0.157. The van der Waals surface area contributed by atoms with Crippen molar-refractivity contribution in [3.8, 4) is 0 Å². The van der Waals surface area contributed by atoms with Crippen molar-refractivity contribution in [2.45, 2.75) is 19.3 Å². The molecule has 20 heavy (non-hydrogen) atoms. The molecule has 0 aromatic rings. The number of hydrogen-bond acceptors (Lipinski definition) is 4. The number of piperidine rings is 1. The first-order valence-corrected chi connectivity index (χ1v) is 6.71. The maximum atomic E-state index is 11.4. The Balaban J connectivity index is 2.45. The maximum absolute atomic E-state index is 11.4. The smallest absolute Gasteiger partial charge is 0.308 e. The molecule has 1 fully saturated rings. The summed E-state index contributed by atoms with van der Waals surface area (Å²) in [4.78, 5) is 37.0. The van der Waals surface area contributed by atoms with Crippen LogP contribution in [0.25, 0.3) is 0 Å². The molecular formula is C13H22N2O5. The molecule has 1 saturated heterocycles. The molecule has 7 nitrogen and oxygen atoms in total. The molecule has 1 aliphatic rings. The van der Waals surface area contributed by atoms with Crippen molar-refractivity contribution in [3.05, 3.63) is 0 Å². The van der Waals surface area contributed by atoms with E-state index < -0.39 is 23.8 Å². The summed E-state index contributed by atoms with van der Waals surface area (Å²) in [6.07, 6.45) is 1.42. The fourth-order valence-corrected chi connectivity index (χ4v) is 2.45. The monoisotopic (exact) mass is 286 g/mol. The van der Waals surface area contributed by atoms with Crippen molar-refractivity contribution in [1.82, 2.24) is 9.80 Å². The summed E-state index contributed by atoms with van der Waals surface area (Å²) >= 11 is 0. The van der Waals surface area contributed by atoms with Gasteiger partial charge in [-0.15, -0.1) is 0 Å². The Kier molecular flexibility index (Phi) is 5.94. The van der Waals surface area contributed by atoms with Crippen molar-refractivity contribution < 1.29 is 24.6 Å². The van der Waals surface area contributed by atoms with Gasteiger partial charge in [0.15, 0.2) is 0 Å². The second kappa shape index (κ2) is 7.23. The SMILES string of the molecule is CN(C)C(=O)CCCN1CCC(C(=O)O)C(C(=O)O)C1. The first-order chi connectivity index (χ1) is 9.32.